The van der Waals surface area contributed by atoms with E-state index in [4.69, 9.17) is 4.55 Å². The van der Waals surface area contributed by atoms with E-state index in [1.165, 1.54) is 0 Å². The molecule has 0 spiro atoms. The van der Waals surface area contributed by atoms with Crippen LogP contribution in [-0.4, -0.2) is 13.0 Å². The Morgan fingerprint density at radius 3 is 2.38 bits per heavy atom. The van der Waals surface area contributed by atoms with E-state index >= 15 is 0 Å². The van der Waals surface area contributed by atoms with Gasteiger partial charge in [0.05, 0.1) is 5.41 Å². The van der Waals surface area contributed by atoms with Crippen LogP contribution in [-0.2, 0) is 10.1 Å². The minimum absolute atomic E-state index is 0. The van der Waals surface area contributed by atoms with Gasteiger partial charge in [0, 0.05) is 0 Å². The summed E-state index contributed by atoms with van der Waals surface area (Å²) >= 11 is 0. The van der Waals surface area contributed by atoms with Gasteiger partial charge in [0.25, 0.3) is 10.1 Å². The van der Waals surface area contributed by atoms with Crippen molar-refractivity contribution in [3.05, 3.63) is 11.0 Å². The number of rotatable bonds is 5. The van der Waals surface area contributed by atoms with Crippen LogP contribution >= 0.6 is 0 Å². The fourth-order valence-corrected chi connectivity index (χ4v) is 1.59. The molecular formula is C8H17NaO3S. The van der Waals surface area contributed by atoms with Gasteiger partial charge >= 0.3 is 29.6 Å². The molecule has 0 bridgehead atoms. The van der Waals surface area contributed by atoms with E-state index in [1.807, 2.05) is 0 Å². The molecule has 0 heterocycles. The van der Waals surface area contributed by atoms with E-state index in [9.17, 15) is 8.42 Å². The van der Waals surface area contributed by atoms with Crippen molar-refractivity contribution in [1.82, 2.24) is 0 Å². The van der Waals surface area contributed by atoms with E-state index in [0.29, 0.717) is 5.57 Å². The summed E-state index contributed by atoms with van der Waals surface area (Å²) in [5, 5.41) is 0.919. The molecule has 0 aliphatic carbocycles. The Balaban J connectivity index is -0.000000605. The Hall–Kier alpha value is 0.650. The van der Waals surface area contributed by atoms with Gasteiger partial charge in [0.1, 0.15) is 0 Å². The third kappa shape index (κ3) is 12.6. The predicted molar refractivity (Wildman–Crippen MR) is 50.6 cm³/mol. The van der Waals surface area contributed by atoms with Crippen molar-refractivity contribution in [1.29, 1.82) is 0 Å². The Kier molecular flexibility index (Phi) is 9.90. The maximum atomic E-state index is 10.4. The standard InChI is InChI=1S/C8H16O3S.Na.H/c1-3-4-5-6-8(2)7-12(9,10)11;;/h7H,3-6H2,1-2H3,(H,9,10,11);;/q;+1;-1. The molecule has 0 saturated heterocycles. The molecule has 0 fully saturated rings. The van der Waals surface area contributed by atoms with Crippen LogP contribution in [0.2, 0.25) is 0 Å². The van der Waals surface area contributed by atoms with Gasteiger partial charge < -0.3 is 1.43 Å². The first kappa shape index (κ1) is 16.1. The second-order valence-corrected chi connectivity index (χ2v) is 4.20. The fraction of sp³-hybridized carbons (Fsp3) is 0.750. The van der Waals surface area contributed by atoms with Crippen LogP contribution in [0.3, 0.4) is 0 Å². The van der Waals surface area contributed by atoms with E-state index in [1.54, 1.807) is 6.92 Å². The quantitative estimate of drug-likeness (QED) is 0.382. The molecule has 5 heteroatoms. The van der Waals surface area contributed by atoms with Gasteiger partial charge in [-0.2, -0.15) is 8.42 Å². The number of hydrogen-bond acceptors (Lipinski definition) is 2. The molecule has 0 aromatic rings. The summed E-state index contributed by atoms with van der Waals surface area (Å²) in [6.07, 6.45) is 3.93. The van der Waals surface area contributed by atoms with Gasteiger partial charge in [-0.3, -0.25) is 4.55 Å². The van der Waals surface area contributed by atoms with Gasteiger partial charge in [-0.05, 0) is 19.8 Å². The van der Waals surface area contributed by atoms with Crippen LogP contribution in [0.15, 0.2) is 11.0 Å². The largest absolute Gasteiger partial charge is 1.00 e. The fourth-order valence-electron chi connectivity index (χ4n) is 0.967. The van der Waals surface area contributed by atoms with Crippen LogP contribution in [0, 0.1) is 0 Å². The van der Waals surface area contributed by atoms with Crippen molar-refractivity contribution in [2.24, 2.45) is 0 Å². The molecule has 0 saturated carbocycles. The average molecular weight is 216 g/mol. The molecule has 74 valence electrons. The molecule has 0 rings (SSSR count). The van der Waals surface area contributed by atoms with Crippen molar-refractivity contribution in [3.63, 3.8) is 0 Å². The molecule has 3 nitrogen and oxygen atoms in total. The van der Waals surface area contributed by atoms with Crippen LogP contribution < -0.4 is 29.6 Å². The zero-order valence-corrected chi connectivity index (χ0v) is 11.4. The Morgan fingerprint density at radius 1 is 1.46 bits per heavy atom. The molecule has 1 N–H and O–H groups in total. The van der Waals surface area contributed by atoms with Gasteiger partial charge in [-0.25, -0.2) is 0 Å². The first-order chi connectivity index (χ1) is 5.45. The summed E-state index contributed by atoms with van der Waals surface area (Å²) < 4.78 is 29.1. The molecule has 0 aromatic carbocycles. The molecule has 0 unspecified atom stereocenters. The zero-order valence-electron chi connectivity index (χ0n) is 9.58. The second kappa shape index (κ2) is 8.00. The van der Waals surface area contributed by atoms with E-state index in [0.717, 1.165) is 31.1 Å². The molecule has 0 amide bonds. The number of allylic oxidation sites excluding steroid dienone is 1. The maximum absolute atomic E-state index is 10.4. The van der Waals surface area contributed by atoms with Gasteiger partial charge in [-0.1, -0.05) is 25.3 Å². The normalized spacial score (nSPS) is 12.4. The van der Waals surface area contributed by atoms with E-state index < -0.39 is 10.1 Å². The number of hydrogen-bond donors (Lipinski definition) is 1. The summed E-state index contributed by atoms with van der Waals surface area (Å²) in [6, 6.07) is 0. The van der Waals surface area contributed by atoms with Crippen molar-refractivity contribution >= 4 is 10.1 Å². The summed E-state index contributed by atoms with van der Waals surface area (Å²) in [6.45, 7) is 3.80. The van der Waals surface area contributed by atoms with Crippen LogP contribution in [0.4, 0.5) is 0 Å². The first-order valence-corrected chi connectivity index (χ1v) is 5.60. The van der Waals surface area contributed by atoms with Gasteiger partial charge in [0.2, 0.25) is 0 Å². The van der Waals surface area contributed by atoms with Crippen molar-refractivity contribution in [2.45, 2.75) is 39.5 Å². The minimum atomic E-state index is -3.92. The molecule has 0 atom stereocenters. The third-order valence-corrected chi connectivity index (χ3v) is 2.23. The molecule has 0 aliphatic rings. The van der Waals surface area contributed by atoms with Crippen molar-refractivity contribution in [3.8, 4) is 0 Å². The molecule has 0 radical (unpaired) electrons. The minimum Gasteiger partial charge on any atom is -1.00 e. The third-order valence-electron chi connectivity index (χ3n) is 1.52. The Labute approximate surface area is 104 Å². The SMILES string of the molecule is CCCCCC(C)=CS(=O)(=O)O.[H-].[Na+]. The molecule has 0 aliphatic heterocycles. The summed E-state index contributed by atoms with van der Waals surface area (Å²) in [4.78, 5) is 0. The summed E-state index contributed by atoms with van der Waals surface area (Å²) in [5.74, 6) is 0. The maximum Gasteiger partial charge on any atom is 1.00 e. The van der Waals surface area contributed by atoms with Crippen molar-refractivity contribution < 1.29 is 44.0 Å². The molecule has 0 aromatic heterocycles. The Bertz CT molecular complexity index is 249. The summed E-state index contributed by atoms with van der Waals surface area (Å²) in [5.41, 5.74) is 0.714. The zero-order chi connectivity index (χ0) is 9.61. The van der Waals surface area contributed by atoms with E-state index in [-0.39, 0.29) is 31.0 Å². The topological polar surface area (TPSA) is 54.4 Å². The van der Waals surface area contributed by atoms with E-state index in [2.05, 4.69) is 6.92 Å². The second-order valence-electron chi connectivity index (χ2n) is 2.94. The Morgan fingerprint density at radius 2 is 2.00 bits per heavy atom. The van der Waals surface area contributed by atoms with Crippen LogP contribution in [0.5, 0.6) is 0 Å². The van der Waals surface area contributed by atoms with Gasteiger partial charge in [-0.15, -0.1) is 0 Å². The molecular weight excluding hydrogens is 199 g/mol. The van der Waals surface area contributed by atoms with Gasteiger partial charge in [0.15, 0.2) is 0 Å². The molecule has 13 heavy (non-hydrogen) atoms. The predicted octanol–water partition coefficient (Wildman–Crippen LogP) is -0.525. The van der Waals surface area contributed by atoms with Crippen LogP contribution in [0.25, 0.3) is 0 Å². The van der Waals surface area contributed by atoms with Crippen molar-refractivity contribution in [2.75, 3.05) is 0 Å². The average Bonchev–Trinajstić information content (AvgIpc) is 1.84. The summed E-state index contributed by atoms with van der Waals surface area (Å²) in [7, 11) is -3.92. The number of unbranched alkanes of at least 4 members (excludes halogenated alkanes) is 2. The first-order valence-electron chi connectivity index (χ1n) is 4.10. The smallest absolute Gasteiger partial charge is 1.00 e. The van der Waals surface area contributed by atoms with Crippen LogP contribution in [0.1, 0.15) is 41.0 Å². The monoisotopic (exact) mass is 216 g/mol.